The van der Waals surface area contributed by atoms with Crippen molar-refractivity contribution < 1.29 is 4.39 Å². The van der Waals surface area contributed by atoms with Gasteiger partial charge in [-0.15, -0.1) is 5.10 Å². The van der Waals surface area contributed by atoms with E-state index in [-0.39, 0.29) is 11.6 Å². The van der Waals surface area contributed by atoms with E-state index in [1.807, 2.05) is 14.1 Å². The van der Waals surface area contributed by atoms with E-state index in [1.54, 1.807) is 16.8 Å². The molecule has 1 aromatic carbocycles. The van der Waals surface area contributed by atoms with Crippen molar-refractivity contribution in [1.29, 1.82) is 0 Å². The zero-order valence-corrected chi connectivity index (χ0v) is 14.1. The first-order valence-corrected chi connectivity index (χ1v) is 7.79. The van der Waals surface area contributed by atoms with Gasteiger partial charge in [-0.2, -0.15) is 0 Å². The van der Waals surface area contributed by atoms with Gasteiger partial charge in [0.1, 0.15) is 12.1 Å². The van der Waals surface area contributed by atoms with Crippen molar-refractivity contribution in [2.75, 3.05) is 32.5 Å². The molecule has 1 N–H and O–H groups in total. The third kappa shape index (κ3) is 3.44. The van der Waals surface area contributed by atoms with Crippen LogP contribution in [0.25, 0.3) is 11.2 Å². The summed E-state index contributed by atoms with van der Waals surface area (Å²) in [5.74, 6) is 0.165. The van der Waals surface area contributed by atoms with Gasteiger partial charge in [0.05, 0.1) is 11.6 Å². The van der Waals surface area contributed by atoms with Crippen LogP contribution in [0.2, 0.25) is 5.02 Å². The Balaban J connectivity index is 1.86. The Kier molecular flexibility index (Phi) is 4.86. The van der Waals surface area contributed by atoms with Crippen molar-refractivity contribution >= 4 is 28.6 Å². The molecule has 0 aliphatic rings. The molecule has 0 aliphatic heterocycles. The average molecular weight is 350 g/mol. The van der Waals surface area contributed by atoms with E-state index >= 15 is 0 Å². The van der Waals surface area contributed by atoms with E-state index in [9.17, 15) is 4.39 Å². The van der Waals surface area contributed by atoms with Crippen LogP contribution in [-0.2, 0) is 6.54 Å². The summed E-state index contributed by atoms with van der Waals surface area (Å²) in [7, 11) is 3.99. The fraction of sp³-hybridized carbons (Fsp3) is 0.333. The second-order valence-electron chi connectivity index (χ2n) is 5.58. The van der Waals surface area contributed by atoms with Crippen LogP contribution in [0.15, 0.2) is 24.5 Å². The predicted molar refractivity (Wildman–Crippen MR) is 90.7 cm³/mol. The summed E-state index contributed by atoms with van der Waals surface area (Å²) in [5, 5.41) is 11.5. The van der Waals surface area contributed by atoms with E-state index in [2.05, 4.69) is 30.5 Å². The molecular weight excluding hydrogens is 333 g/mol. The normalized spacial score (nSPS) is 11.4. The summed E-state index contributed by atoms with van der Waals surface area (Å²) < 4.78 is 15.2. The molecule has 2 aromatic heterocycles. The molecule has 9 heteroatoms. The lowest BCUT2D eigenvalue weighted by Gasteiger charge is -2.10. The third-order valence-electron chi connectivity index (χ3n) is 3.50. The van der Waals surface area contributed by atoms with Crippen LogP contribution in [0.3, 0.4) is 0 Å². The highest BCUT2D eigenvalue weighted by Gasteiger charge is 2.14. The van der Waals surface area contributed by atoms with Gasteiger partial charge in [-0.05, 0) is 25.7 Å². The van der Waals surface area contributed by atoms with E-state index < -0.39 is 5.82 Å². The third-order valence-corrected chi connectivity index (χ3v) is 3.93. The van der Waals surface area contributed by atoms with Crippen molar-refractivity contribution in [3.63, 3.8) is 0 Å². The quantitative estimate of drug-likeness (QED) is 0.734. The van der Waals surface area contributed by atoms with Gasteiger partial charge >= 0.3 is 0 Å². The molecular formula is C15H17ClFN7. The van der Waals surface area contributed by atoms with Crippen LogP contribution in [0.5, 0.6) is 0 Å². The minimum absolute atomic E-state index is 0.0829. The molecule has 0 spiro atoms. The van der Waals surface area contributed by atoms with Crippen molar-refractivity contribution in [1.82, 2.24) is 29.9 Å². The Hall–Kier alpha value is -2.32. The maximum Gasteiger partial charge on any atom is 0.184 e. The smallest absolute Gasteiger partial charge is 0.184 e. The van der Waals surface area contributed by atoms with Crippen molar-refractivity contribution in [3.8, 4) is 0 Å². The van der Waals surface area contributed by atoms with Crippen molar-refractivity contribution in [2.24, 2.45) is 0 Å². The van der Waals surface area contributed by atoms with E-state index in [0.717, 1.165) is 13.1 Å². The lowest BCUT2D eigenvalue weighted by Crippen LogP contribution is -2.21. The average Bonchev–Trinajstić information content (AvgIpc) is 2.95. The summed E-state index contributed by atoms with van der Waals surface area (Å²) >= 11 is 6.00. The van der Waals surface area contributed by atoms with Crippen LogP contribution in [0.1, 0.15) is 5.56 Å². The lowest BCUT2D eigenvalue weighted by atomic mass is 10.2. The van der Waals surface area contributed by atoms with Crippen LogP contribution in [0, 0.1) is 5.82 Å². The molecule has 0 amide bonds. The number of aromatic nitrogens is 5. The zero-order valence-electron chi connectivity index (χ0n) is 13.4. The van der Waals surface area contributed by atoms with Crippen molar-refractivity contribution in [2.45, 2.75) is 6.54 Å². The van der Waals surface area contributed by atoms with E-state index in [4.69, 9.17) is 11.6 Å². The van der Waals surface area contributed by atoms with Gasteiger partial charge < -0.3 is 10.2 Å². The first-order valence-electron chi connectivity index (χ1n) is 7.42. The Morgan fingerprint density at radius 1 is 1.29 bits per heavy atom. The Morgan fingerprint density at radius 3 is 2.92 bits per heavy atom. The highest BCUT2D eigenvalue weighted by atomic mass is 35.5. The van der Waals surface area contributed by atoms with Crippen LogP contribution in [-0.4, -0.2) is 57.0 Å². The summed E-state index contributed by atoms with van der Waals surface area (Å²) in [6, 6.07) is 4.68. The number of halogens is 2. The predicted octanol–water partition coefficient (Wildman–Crippen LogP) is 2.04. The SMILES string of the molecule is CN(C)CCNc1ncnc2c1nnn2Cc1cccc(F)c1Cl. The van der Waals surface area contributed by atoms with E-state index in [1.165, 1.54) is 12.4 Å². The van der Waals surface area contributed by atoms with Gasteiger partial charge in [-0.25, -0.2) is 19.0 Å². The monoisotopic (exact) mass is 349 g/mol. The Morgan fingerprint density at radius 2 is 2.12 bits per heavy atom. The number of fused-ring (bicyclic) bond motifs is 1. The number of hydrogen-bond donors (Lipinski definition) is 1. The molecule has 0 aliphatic carbocycles. The molecule has 0 bridgehead atoms. The number of benzene rings is 1. The highest BCUT2D eigenvalue weighted by Crippen LogP contribution is 2.22. The molecule has 126 valence electrons. The van der Waals surface area contributed by atoms with Gasteiger partial charge in [0, 0.05) is 13.1 Å². The fourth-order valence-electron chi connectivity index (χ4n) is 2.26. The molecule has 0 radical (unpaired) electrons. The van der Waals surface area contributed by atoms with Gasteiger partial charge in [-0.3, -0.25) is 0 Å². The molecule has 3 rings (SSSR count). The van der Waals surface area contributed by atoms with Crippen molar-refractivity contribution in [3.05, 3.63) is 40.9 Å². The Bertz CT molecular complexity index is 849. The zero-order chi connectivity index (χ0) is 17.1. The largest absolute Gasteiger partial charge is 0.367 e. The molecule has 7 nitrogen and oxygen atoms in total. The number of nitrogens with one attached hydrogen (secondary N) is 1. The molecule has 0 atom stereocenters. The van der Waals surface area contributed by atoms with E-state index in [0.29, 0.717) is 22.5 Å². The number of nitrogens with zero attached hydrogens (tertiary/aromatic N) is 6. The number of likely N-dealkylation sites (N-methyl/N-ethyl adjacent to an activating group) is 1. The topological polar surface area (TPSA) is 71.8 Å². The first kappa shape index (κ1) is 16.5. The number of anilines is 1. The van der Waals surface area contributed by atoms with Gasteiger partial charge in [0.25, 0.3) is 0 Å². The molecule has 3 aromatic rings. The number of hydrogen-bond acceptors (Lipinski definition) is 6. The molecule has 0 fully saturated rings. The minimum Gasteiger partial charge on any atom is -0.367 e. The summed E-state index contributed by atoms with van der Waals surface area (Å²) in [5.41, 5.74) is 1.76. The standard InChI is InChI=1S/C15H17ClFN7/c1-23(2)7-6-18-14-13-15(20-9-19-14)24(22-21-13)8-10-4-3-5-11(17)12(10)16/h3-5,9H,6-8H2,1-2H3,(H,18,19,20). The Labute approximate surface area is 143 Å². The second kappa shape index (κ2) is 7.06. The summed E-state index contributed by atoms with van der Waals surface area (Å²) in [4.78, 5) is 10.5. The summed E-state index contributed by atoms with van der Waals surface area (Å²) in [6.07, 6.45) is 1.45. The molecule has 2 heterocycles. The lowest BCUT2D eigenvalue weighted by molar-refractivity contribution is 0.425. The minimum atomic E-state index is -0.459. The maximum atomic E-state index is 13.6. The highest BCUT2D eigenvalue weighted by molar-refractivity contribution is 6.31. The molecule has 0 saturated carbocycles. The fourth-order valence-corrected chi connectivity index (χ4v) is 2.44. The maximum absolute atomic E-state index is 13.6. The molecule has 24 heavy (non-hydrogen) atoms. The second-order valence-corrected chi connectivity index (χ2v) is 5.96. The van der Waals surface area contributed by atoms with Crippen LogP contribution in [0.4, 0.5) is 10.2 Å². The molecule has 0 unspecified atom stereocenters. The first-order chi connectivity index (χ1) is 11.6. The summed E-state index contributed by atoms with van der Waals surface area (Å²) in [6.45, 7) is 1.86. The number of rotatable bonds is 6. The van der Waals surface area contributed by atoms with Crippen LogP contribution < -0.4 is 5.32 Å². The van der Waals surface area contributed by atoms with Gasteiger partial charge in [0.2, 0.25) is 0 Å². The van der Waals surface area contributed by atoms with Gasteiger partial charge in [-0.1, -0.05) is 28.9 Å². The van der Waals surface area contributed by atoms with Crippen LogP contribution >= 0.6 is 11.6 Å². The van der Waals surface area contributed by atoms with Gasteiger partial charge in [0.15, 0.2) is 17.0 Å². The molecule has 0 saturated heterocycles.